The molecule has 4 aliphatic rings. The number of hydrogen-bond acceptors (Lipinski definition) is 12. The molecule has 16 nitrogen and oxygen atoms in total. The van der Waals surface area contributed by atoms with Gasteiger partial charge >= 0.3 is 12.1 Å². The average molecular weight is 871 g/mol. The van der Waals surface area contributed by atoms with E-state index in [1.165, 1.54) is 16.2 Å². The number of amides is 4. The number of allylic oxidation sites excluding steroid dienone is 1. The topological polar surface area (TPSA) is 223 Å². The van der Waals surface area contributed by atoms with Crippen molar-refractivity contribution in [1.29, 1.82) is 0 Å². The van der Waals surface area contributed by atoms with Gasteiger partial charge in [0.15, 0.2) is 0 Å². The number of alkyl carbamates (subject to hydrolysis) is 1. The van der Waals surface area contributed by atoms with Crippen molar-refractivity contribution in [2.24, 2.45) is 5.92 Å². The molecule has 2 aliphatic carbocycles. The molecule has 3 fully saturated rings. The third-order valence-corrected chi connectivity index (χ3v) is 13.9. The molecule has 1 saturated heterocycles. The monoisotopic (exact) mass is 870 g/mol. The predicted octanol–water partition coefficient (Wildman–Crippen LogP) is 5.34. The normalized spacial score (nSPS) is 25.3. The molecule has 0 radical (unpaired) electrons. The highest BCUT2D eigenvalue weighted by molar-refractivity contribution is 7.90. The molecule has 4 aromatic rings. The van der Waals surface area contributed by atoms with E-state index in [4.69, 9.17) is 19.4 Å². The Kier molecular flexibility index (Phi) is 12.1. The highest BCUT2D eigenvalue weighted by Gasteiger charge is 2.61. The molecular formula is C43H46N6O10S2. The van der Waals surface area contributed by atoms with Gasteiger partial charge in [-0.2, -0.15) is 0 Å². The number of aromatic carboxylic acids is 1. The molecule has 4 amide bonds. The summed E-state index contributed by atoms with van der Waals surface area (Å²) in [7, 11) is -4.50. The summed E-state index contributed by atoms with van der Waals surface area (Å²) in [6, 6.07) is 13.3. The van der Waals surface area contributed by atoms with Gasteiger partial charge in [0.05, 0.1) is 32.9 Å². The fraction of sp³-hybridized carbons (Fsp3) is 0.419. The largest absolute Gasteiger partial charge is 0.478 e. The van der Waals surface area contributed by atoms with Gasteiger partial charge in [-0.3, -0.25) is 14.4 Å². The van der Waals surface area contributed by atoms with Crippen LogP contribution < -0.4 is 20.1 Å². The molecule has 8 rings (SSSR count). The smallest absolute Gasteiger partial charge is 0.408 e. The molecule has 2 aliphatic heterocycles. The first-order valence-corrected chi connectivity index (χ1v) is 22.9. The molecule has 1 unspecified atom stereocenters. The van der Waals surface area contributed by atoms with Crippen molar-refractivity contribution in [3.05, 3.63) is 83.8 Å². The molecule has 2 aromatic heterocycles. The Bertz CT molecular complexity index is 2460. The minimum atomic E-state index is -4.50. The van der Waals surface area contributed by atoms with Gasteiger partial charge in [0.25, 0.3) is 15.9 Å². The van der Waals surface area contributed by atoms with E-state index < -0.39 is 69.5 Å². The van der Waals surface area contributed by atoms with Gasteiger partial charge in [-0.25, -0.2) is 32.7 Å². The van der Waals surface area contributed by atoms with Gasteiger partial charge in [-0.1, -0.05) is 43.2 Å². The summed E-state index contributed by atoms with van der Waals surface area (Å²) in [6.45, 7) is -0.0750. The van der Waals surface area contributed by atoms with E-state index in [9.17, 15) is 37.5 Å². The molecule has 0 bridgehead atoms. The van der Waals surface area contributed by atoms with E-state index in [1.807, 2.05) is 41.8 Å². The number of carbonyl (C=O) groups is 5. The highest BCUT2D eigenvalue weighted by Crippen LogP contribution is 2.46. The fourth-order valence-corrected chi connectivity index (χ4v) is 10.1. The Balaban J connectivity index is 1.10. The number of para-hydroxylation sites is 2. The summed E-state index contributed by atoms with van der Waals surface area (Å²) in [5.74, 6) is -3.81. The Morgan fingerprint density at radius 2 is 1.64 bits per heavy atom. The molecule has 5 atom stereocenters. The first kappa shape index (κ1) is 41.8. The van der Waals surface area contributed by atoms with Crippen LogP contribution in [0.1, 0.15) is 81.0 Å². The summed E-state index contributed by atoms with van der Waals surface area (Å²) in [6.07, 6.45) is 8.38. The molecule has 2 aromatic carbocycles. The van der Waals surface area contributed by atoms with Gasteiger partial charge in [0, 0.05) is 12.3 Å². The van der Waals surface area contributed by atoms with Crippen LogP contribution in [0.25, 0.3) is 21.6 Å². The predicted molar refractivity (Wildman–Crippen MR) is 223 cm³/mol. The number of benzene rings is 2. The van der Waals surface area contributed by atoms with Gasteiger partial charge < -0.3 is 30.1 Å². The van der Waals surface area contributed by atoms with Crippen LogP contribution in [0.5, 0.6) is 5.88 Å². The number of nitrogens with zero attached hydrogens (tertiary/aromatic N) is 3. The fourth-order valence-electron chi connectivity index (χ4n) is 8.35. The summed E-state index contributed by atoms with van der Waals surface area (Å²) in [5.41, 5.74) is -0.0969. The maximum atomic E-state index is 14.7. The Morgan fingerprint density at radius 1 is 0.902 bits per heavy atom. The third-order valence-electron chi connectivity index (χ3n) is 11.7. The zero-order valence-electron chi connectivity index (χ0n) is 33.2. The molecule has 61 heavy (non-hydrogen) atoms. The van der Waals surface area contributed by atoms with Crippen molar-refractivity contribution in [3.63, 3.8) is 0 Å². The van der Waals surface area contributed by atoms with Crippen LogP contribution in [-0.4, -0.2) is 94.6 Å². The lowest BCUT2D eigenvalue weighted by molar-refractivity contribution is -0.141. The SMILES string of the molecule is O=C(N[C@@H]1CCCCC/C=C/C2C[C@@]2(C(=O)NS(=O)(=O)c2ccc(C(=O)O)cc2)NC(=O)[C@@H]2C[C@@H](Oc3nc4ccccc4nc3-c3cccs3)CN2C1=O)OC1CCCC1. The second-order valence-corrected chi connectivity index (χ2v) is 18.6. The molecular weight excluding hydrogens is 825 g/mol. The molecule has 4 N–H and O–H groups in total. The number of carboxylic acids is 1. The van der Waals surface area contributed by atoms with Crippen molar-refractivity contribution in [1.82, 2.24) is 30.2 Å². The number of rotatable bonds is 9. The maximum Gasteiger partial charge on any atom is 0.408 e. The lowest BCUT2D eigenvalue weighted by atomic mass is 10.0. The van der Waals surface area contributed by atoms with Crippen LogP contribution >= 0.6 is 11.3 Å². The van der Waals surface area contributed by atoms with E-state index in [0.717, 1.165) is 67.7 Å². The lowest BCUT2D eigenvalue weighted by Gasteiger charge is -2.30. The minimum Gasteiger partial charge on any atom is -0.478 e. The molecule has 2 saturated carbocycles. The number of ether oxygens (including phenoxy) is 2. The maximum absolute atomic E-state index is 14.7. The number of thiophene rings is 1. The molecule has 0 spiro atoms. The second-order valence-electron chi connectivity index (χ2n) is 15.9. The molecule has 18 heteroatoms. The van der Waals surface area contributed by atoms with Crippen molar-refractivity contribution >= 4 is 62.2 Å². The Morgan fingerprint density at radius 3 is 2.36 bits per heavy atom. The van der Waals surface area contributed by atoms with Crippen LogP contribution in [0.3, 0.4) is 0 Å². The van der Waals surface area contributed by atoms with Crippen LogP contribution in [0.2, 0.25) is 0 Å². The average Bonchev–Trinajstić information content (AvgIpc) is 3.74. The van der Waals surface area contributed by atoms with Crippen LogP contribution in [0, 0.1) is 5.92 Å². The van der Waals surface area contributed by atoms with E-state index >= 15 is 0 Å². The summed E-state index contributed by atoms with van der Waals surface area (Å²) in [5, 5.41) is 16.8. The van der Waals surface area contributed by atoms with Gasteiger partial charge in [0.2, 0.25) is 17.7 Å². The number of sulfonamides is 1. The van der Waals surface area contributed by atoms with Crippen molar-refractivity contribution in [3.8, 4) is 16.5 Å². The lowest BCUT2D eigenvalue weighted by Crippen LogP contribution is -2.58. The van der Waals surface area contributed by atoms with Crippen molar-refractivity contribution < 1.29 is 47.0 Å². The third kappa shape index (κ3) is 9.24. The second kappa shape index (κ2) is 17.6. The number of aromatic nitrogens is 2. The first-order valence-electron chi connectivity index (χ1n) is 20.5. The minimum absolute atomic E-state index is 0.0262. The van der Waals surface area contributed by atoms with Crippen molar-refractivity contribution in [2.75, 3.05) is 6.54 Å². The molecule has 320 valence electrons. The number of carboxylic acid groups (broad SMARTS) is 1. The first-order chi connectivity index (χ1) is 29.4. The summed E-state index contributed by atoms with van der Waals surface area (Å²) in [4.78, 5) is 79.5. The van der Waals surface area contributed by atoms with E-state index in [1.54, 1.807) is 12.1 Å². The standard InChI is InChI=1S/C43H46N6O10S2/c50-37-34-23-29(58-38-36(35-17-10-22-60-35)44-31-14-8-9-15-32(31)45-38)25-49(34)39(51)33(46-42(55)59-28-12-6-7-13-28)16-5-3-1-2-4-11-27-24-43(27,47-37)41(54)48-61(56,57)30-20-18-26(19-21-30)40(52)53/h4,8-11,14-15,17-22,27-29,33-34H,1-3,5-7,12-13,16,23-25H2,(H,46,55)(H,47,50)(H,48,54)(H,52,53)/b11-4+/t27?,29-,33-,34+,43-/m1/s1. The molecule has 4 heterocycles. The van der Waals surface area contributed by atoms with Gasteiger partial charge in [0.1, 0.15) is 35.5 Å². The van der Waals surface area contributed by atoms with E-state index in [2.05, 4.69) is 15.4 Å². The van der Waals surface area contributed by atoms with E-state index in [0.29, 0.717) is 29.6 Å². The van der Waals surface area contributed by atoms with E-state index in [-0.39, 0.29) is 48.3 Å². The van der Waals surface area contributed by atoms with Crippen LogP contribution in [0.15, 0.2) is 83.1 Å². The number of nitrogens with one attached hydrogen (secondary N) is 3. The highest BCUT2D eigenvalue weighted by atomic mass is 32.2. The van der Waals surface area contributed by atoms with Crippen molar-refractivity contribution in [2.45, 2.75) is 105 Å². The van der Waals surface area contributed by atoms with Crippen LogP contribution in [-0.2, 0) is 29.1 Å². The zero-order chi connectivity index (χ0) is 42.7. The van der Waals surface area contributed by atoms with Gasteiger partial charge in [-0.15, -0.1) is 11.3 Å². The summed E-state index contributed by atoms with van der Waals surface area (Å²) >= 11 is 1.45. The summed E-state index contributed by atoms with van der Waals surface area (Å²) < 4.78 is 41.2. The number of fused-ring (bicyclic) bond motifs is 3. The number of hydrogen-bond donors (Lipinski definition) is 4. The Labute approximate surface area is 356 Å². The van der Waals surface area contributed by atoms with Crippen LogP contribution in [0.4, 0.5) is 4.79 Å². The zero-order valence-corrected chi connectivity index (χ0v) is 34.8. The number of carbonyl (C=O) groups excluding carboxylic acids is 4. The quantitative estimate of drug-likeness (QED) is 0.157. The van der Waals surface area contributed by atoms with Gasteiger partial charge in [-0.05, 0) is 99.2 Å². The Hall–Kier alpha value is -5.88.